The van der Waals surface area contributed by atoms with Gasteiger partial charge in [-0.15, -0.1) is 0 Å². The molecular formula is C20H39NO2. The largest absolute Gasteiger partial charge is 0.449 e. The zero-order valence-electron chi connectivity index (χ0n) is 16.6. The molecule has 0 saturated heterocycles. The Balaban J connectivity index is 2.59. The molecule has 0 heterocycles. The summed E-state index contributed by atoms with van der Waals surface area (Å²) in [6, 6.07) is 0.232. The second kappa shape index (κ2) is 7.90. The highest BCUT2D eigenvalue weighted by molar-refractivity contribution is 5.67. The van der Waals surface area contributed by atoms with E-state index in [0.29, 0.717) is 12.0 Å². The van der Waals surface area contributed by atoms with Crippen molar-refractivity contribution < 1.29 is 9.53 Å². The molecule has 1 aliphatic carbocycles. The van der Waals surface area contributed by atoms with E-state index in [9.17, 15) is 4.79 Å². The van der Waals surface area contributed by atoms with Gasteiger partial charge in [-0.2, -0.15) is 0 Å². The minimum Gasteiger partial charge on any atom is -0.449 e. The molecule has 2 unspecified atom stereocenters. The standard InChI is InChI=1S/C20H39NO2/c1-8-19(7)13-16(12-18(5,6)14-19)21-17(22)23-15-20(9-2,10-3)11-4/h16H,8-15H2,1-7H3,(H,21,22). The van der Waals surface area contributed by atoms with Gasteiger partial charge in [0.25, 0.3) is 0 Å². The van der Waals surface area contributed by atoms with Gasteiger partial charge in [0.05, 0.1) is 6.61 Å². The predicted octanol–water partition coefficient (Wildman–Crippen LogP) is 5.92. The van der Waals surface area contributed by atoms with Crippen LogP contribution < -0.4 is 5.32 Å². The van der Waals surface area contributed by atoms with E-state index in [0.717, 1.165) is 38.5 Å². The lowest BCUT2D eigenvalue weighted by Gasteiger charge is -2.46. The van der Waals surface area contributed by atoms with Crippen LogP contribution >= 0.6 is 0 Å². The summed E-state index contributed by atoms with van der Waals surface area (Å²) in [4.78, 5) is 12.3. The fourth-order valence-corrected chi connectivity index (χ4v) is 4.49. The van der Waals surface area contributed by atoms with E-state index in [1.165, 1.54) is 6.42 Å². The number of hydrogen-bond acceptors (Lipinski definition) is 2. The average Bonchev–Trinajstić information content (AvgIpc) is 2.47. The lowest BCUT2D eigenvalue weighted by Crippen LogP contribution is -2.47. The maximum atomic E-state index is 12.3. The maximum absolute atomic E-state index is 12.3. The molecule has 0 aliphatic heterocycles. The summed E-state index contributed by atoms with van der Waals surface area (Å²) in [6.07, 6.45) is 7.42. The summed E-state index contributed by atoms with van der Waals surface area (Å²) in [6.45, 7) is 16.3. The number of carbonyl (C=O) groups excluding carboxylic acids is 1. The first-order valence-electron chi connectivity index (χ1n) is 9.56. The first kappa shape index (κ1) is 20.3. The Hall–Kier alpha value is -0.730. The van der Waals surface area contributed by atoms with Crippen LogP contribution in [0.25, 0.3) is 0 Å². The Labute approximate surface area is 143 Å². The zero-order chi connectivity index (χ0) is 17.7. The summed E-state index contributed by atoms with van der Waals surface area (Å²) in [5.74, 6) is 0. The van der Waals surface area contributed by atoms with Crippen LogP contribution in [0.4, 0.5) is 4.79 Å². The van der Waals surface area contributed by atoms with Gasteiger partial charge in [-0.25, -0.2) is 4.79 Å². The Morgan fingerprint density at radius 2 is 1.65 bits per heavy atom. The molecule has 1 saturated carbocycles. The molecule has 1 amide bonds. The lowest BCUT2D eigenvalue weighted by molar-refractivity contribution is 0.0480. The summed E-state index contributed by atoms with van der Waals surface area (Å²) in [7, 11) is 0. The quantitative estimate of drug-likeness (QED) is 0.630. The molecule has 0 aromatic heterocycles. The number of hydrogen-bond donors (Lipinski definition) is 1. The molecule has 1 aliphatic rings. The molecule has 0 aromatic carbocycles. The molecule has 1 N–H and O–H groups in total. The molecule has 3 nitrogen and oxygen atoms in total. The van der Waals surface area contributed by atoms with Crippen molar-refractivity contribution in [3.8, 4) is 0 Å². The fraction of sp³-hybridized carbons (Fsp3) is 0.950. The van der Waals surface area contributed by atoms with Crippen LogP contribution in [-0.4, -0.2) is 18.7 Å². The van der Waals surface area contributed by atoms with Crippen LogP contribution in [-0.2, 0) is 4.74 Å². The third-order valence-electron chi connectivity index (χ3n) is 6.38. The molecule has 0 bridgehead atoms. The van der Waals surface area contributed by atoms with Gasteiger partial charge in [0.1, 0.15) is 0 Å². The molecule has 3 heteroatoms. The van der Waals surface area contributed by atoms with E-state index in [2.05, 4.69) is 53.8 Å². The van der Waals surface area contributed by atoms with Crippen molar-refractivity contribution in [1.29, 1.82) is 0 Å². The van der Waals surface area contributed by atoms with E-state index in [4.69, 9.17) is 4.74 Å². The van der Waals surface area contributed by atoms with Crippen LogP contribution in [0, 0.1) is 16.2 Å². The van der Waals surface area contributed by atoms with Gasteiger partial charge >= 0.3 is 6.09 Å². The van der Waals surface area contributed by atoms with Gasteiger partial charge in [-0.05, 0) is 49.4 Å². The summed E-state index contributed by atoms with van der Waals surface area (Å²) in [5, 5.41) is 3.15. The van der Waals surface area contributed by atoms with Crippen LogP contribution in [0.2, 0.25) is 0 Å². The van der Waals surface area contributed by atoms with E-state index in [1.807, 2.05) is 0 Å². The van der Waals surface area contributed by atoms with Crippen molar-refractivity contribution >= 4 is 6.09 Å². The van der Waals surface area contributed by atoms with Crippen molar-refractivity contribution in [3.63, 3.8) is 0 Å². The van der Waals surface area contributed by atoms with Crippen LogP contribution in [0.3, 0.4) is 0 Å². The van der Waals surface area contributed by atoms with E-state index in [-0.39, 0.29) is 23.0 Å². The molecule has 0 spiro atoms. The summed E-state index contributed by atoms with van der Waals surface area (Å²) >= 11 is 0. The summed E-state index contributed by atoms with van der Waals surface area (Å²) < 4.78 is 5.60. The van der Waals surface area contributed by atoms with Gasteiger partial charge in [0.2, 0.25) is 0 Å². The Morgan fingerprint density at radius 3 is 2.13 bits per heavy atom. The van der Waals surface area contributed by atoms with Gasteiger partial charge in [-0.1, -0.05) is 54.9 Å². The molecule has 1 fully saturated rings. The molecule has 136 valence electrons. The van der Waals surface area contributed by atoms with E-state index in [1.54, 1.807) is 0 Å². The molecule has 23 heavy (non-hydrogen) atoms. The van der Waals surface area contributed by atoms with Gasteiger partial charge in [-0.3, -0.25) is 0 Å². The minimum atomic E-state index is -0.231. The maximum Gasteiger partial charge on any atom is 0.407 e. The lowest BCUT2D eigenvalue weighted by atomic mass is 9.62. The van der Waals surface area contributed by atoms with Crippen LogP contribution in [0.5, 0.6) is 0 Å². The predicted molar refractivity (Wildman–Crippen MR) is 97.6 cm³/mol. The van der Waals surface area contributed by atoms with Crippen molar-refractivity contribution in [2.45, 2.75) is 99.5 Å². The third-order valence-corrected chi connectivity index (χ3v) is 6.38. The smallest absolute Gasteiger partial charge is 0.407 e. The van der Waals surface area contributed by atoms with Gasteiger partial charge in [0, 0.05) is 11.5 Å². The Morgan fingerprint density at radius 1 is 1.09 bits per heavy atom. The zero-order valence-corrected chi connectivity index (χ0v) is 16.6. The van der Waals surface area contributed by atoms with Gasteiger partial charge < -0.3 is 10.1 Å². The minimum absolute atomic E-state index is 0.140. The van der Waals surface area contributed by atoms with Crippen LogP contribution in [0.1, 0.15) is 93.4 Å². The molecule has 1 rings (SSSR count). The topological polar surface area (TPSA) is 38.3 Å². The monoisotopic (exact) mass is 325 g/mol. The highest BCUT2D eigenvalue weighted by Gasteiger charge is 2.40. The first-order chi connectivity index (χ1) is 10.6. The third kappa shape index (κ3) is 5.69. The van der Waals surface area contributed by atoms with Crippen molar-refractivity contribution in [2.75, 3.05) is 6.61 Å². The highest BCUT2D eigenvalue weighted by Crippen LogP contribution is 2.47. The van der Waals surface area contributed by atoms with Crippen molar-refractivity contribution in [2.24, 2.45) is 16.2 Å². The average molecular weight is 326 g/mol. The van der Waals surface area contributed by atoms with E-state index < -0.39 is 0 Å². The number of carbonyl (C=O) groups is 1. The molecule has 0 aromatic rings. The number of rotatable bonds is 7. The summed E-state index contributed by atoms with van der Waals surface area (Å²) in [5.41, 5.74) is 0.738. The van der Waals surface area contributed by atoms with Crippen molar-refractivity contribution in [1.82, 2.24) is 5.32 Å². The number of alkyl carbamates (subject to hydrolysis) is 1. The first-order valence-corrected chi connectivity index (χ1v) is 9.56. The Kier molecular flexibility index (Phi) is 6.97. The molecule has 2 atom stereocenters. The number of nitrogens with one attached hydrogen (secondary N) is 1. The normalized spacial score (nSPS) is 27.5. The molecule has 0 radical (unpaired) electrons. The number of ether oxygens (including phenoxy) is 1. The highest BCUT2D eigenvalue weighted by atomic mass is 16.5. The van der Waals surface area contributed by atoms with E-state index >= 15 is 0 Å². The second-order valence-electron chi connectivity index (χ2n) is 8.89. The Bertz CT molecular complexity index is 379. The van der Waals surface area contributed by atoms with Crippen molar-refractivity contribution in [3.05, 3.63) is 0 Å². The second-order valence-corrected chi connectivity index (χ2v) is 8.89. The fourth-order valence-electron chi connectivity index (χ4n) is 4.49. The SMILES string of the molecule is CCC1(C)CC(NC(=O)OCC(CC)(CC)CC)CC(C)(C)C1. The van der Waals surface area contributed by atoms with Crippen LogP contribution in [0.15, 0.2) is 0 Å². The van der Waals surface area contributed by atoms with Gasteiger partial charge in [0.15, 0.2) is 0 Å². The molecular weight excluding hydrogens is 286 g/mol. The number of amides is 1.